The number of benzene rings is 3. The highest BCUT2D eigenvalue weighted by Gasteiger charge is 2.18. The highest BCUT2D eigenvalue weighted by Crippen LogP contribution is 2.27. The minimum atomic E-state index is -0.313. The van der Waals surface area contributed by atoms with Gasteiger partial charge in [0.2, 0.25) is 5.88 Å². The second-order valence-electron chi connectivity index (χ2n) is 6.72. The zero-order valence-electron chi connectivity index (χ0n) is 17.0. The third-order valence-electron chi connectivity index (χ3n) is 4.60. The van der Waals surface area contributed by atoms with Crippen LogP contribution in [0.5, 0.6) is 17.4 Å². The number of hydrogen-bond acceptors (Lipinski definition) is 5. The lowest BCUT2D eigenvalue weighted by molar-refractivity contribution is 0.0947. The number of carbonyl (C=O) groups excluding carboxylic acids is 1. The molecule has 0 radical (unpaired) electrons. The number of rotatable bonds is 7. The van der Waals surface area contributed by atoms with Crippen LogP contribution in [0.3, 0.4) is 0 Å². The van der Waals surface area contributed by atoms with Crippen LogP contribution in [-0.2, 0) is 6.54 Å². The molecular formula is C25H21N3O3. The third-order valence-corrected chi connectivity index (χ3v) is 4.60. The molecule has 0 bridgehead atoms. The molecule has 6 heteroatoms. The molecule has 6 nitrogen and oxygen atoms in total. The van der Waals surface area contributed by atoms with Crippen molar-refractivity contribution in [3.05, 3.63) is 102 Å². The summed E-state index contributed by atoms with van der Waals surface area (Å²) in [5.41, 5.74) is 2.08. The molecule has 0 aliphatic carbocycles. The van der Waals surface area contributed by atoms with Crippen molar-refractivity contribution in [3.63, 3.8) is 0 Å². The summed E-state index contributed by atoms with van der Waals surface area (Å²) in [5.74, 6) is 1.59. The van der Waals surface area contributed by atoms with E-state index in [9.17, 15) is 4.79 Å². The predicted molar refractivity (Wildman–Crippen MR) is 118 cm³/mol. The molecule has 0 saturated heterocycles. The zero-order valence-corrected chi connectivity index (χ0v) is 17.0. The minimum Gasteiger partial charge on any atom is -0.497 e. The van der Waals surface area contributed by atoms with Gasteiger partial charge in [-0.05, 0) is 29.8 Å². The van der Waals surface area contributed by atoms with E-state index >= 15 is 0 Å². The molecule has 4 aromatic rings. The fourth-order valence-electron chi connectivity index (χ4n) is 2.95. The number of nitrogens with one attached hydrogen (secondary N) is 1. The van der Waals surface area contributed by atoms with Gasteiger partial charge in [-0.2, -0.15) is 4.98 Å². The van der Waals surface area contributed by atoms with Gasteiger partial charge in [-0.25, -0.2) is 4.98 Å². The van der Waals surface area contributed by atoms with E-state index in [1.54, 1.807) is 31.4 Å². The normalized spacial score (nSPS) is 10.4. The Morgan fingerprint density at radius 2 is 1.52 bits per heavy atom. The molecule has 0 fully saturated rings. The molecular weight excluding hydrogens is 390 g/mol. The summed E-state index contributed by atoms with van der Waals surface area (Å²) in [6.07, 6.45) is 1.49. The Morgan fingerprint density at radius 1 is 0.871 bits per heavy atom. The van der Waals surface area contributed by atoms with Crippen LogP contribution in [-0.4, -0.2) is 23.0 Å². The monoisotopic (exact) mass is 411 g/mol. The number of aromatic nitrogens is 2. The average Bonchev–Trinajstić information content (AvgIpc) is 2.84. The molecule has 0 saturated carbocycles. The van der Waals surface area contributed by atoms with Crippen LogP contribution < -0.4 is 14.8 Å². The van der Waals surface area contributed by atoms with Crippen molar-refractivity contribution in [3.8, 4) is 28.8 Å². The molecule has 0 aliphatic heterocycles. The first-order chi connectivity index (χ1) is 15.2. The Morgan fingerprint density at radius 3 is 2.19 bits per heavy atom. The lowest BCUT2D eigenvalue weighted by Gasteiger charge is -2.12. The fraction of sp³-hybridized carbons (Fsp3) is 0.0800. The van der Waals surface area contributed by atoms with Gasteiger partial charge in [0.25, 0.3) is 5.91 Å². The SMILES string of the molecule is COc1ccc(Oc2nc(-c3ccccc3)ncc2C(=O)NCc2ccccc2)cc1. The van der Waals surface area contributed by atoms with Gasteiger partial charge >= 0.3 is 0 Å². The highest BCUT2D eigenvalue weighted by molar-refractivity contribution is 5.96. The molecule has 0 unspecified atom stereocenters. The Bertz CT molecular complexity index is 1150. The largest absolute Gasteiger partial charge is 0.497 e. The number of carbonyl (C=O) groups is 1. The van der Waals surface area contributed by atoms with Crippen LogP contribution in [0, 0.1) is 0 Å². The van der Waals surface area contributed by atoms with E-state index in [0.29, 0.717) is 23.9 Å². The van der Waals surface area contributed by atoms with Crippen LogP contribution in [0.25, 0.3) is 11.4 Å². The van der Waals surface area contributed by atoms with Gasteiger partial charge in [-0.15, -0.1) is 0 Å². The van der Waals surface area contributed by atoms with E-state index in [2.05, 4.69) is 15.3 Å². The number of hydrogen-bond donors (Lipinski definition) is 1. The molecule has 0 spiro atoms. The van der Waals surface area contributed by atoms with Crippen molar-refractivity contribution in [2.45, 2.75) is 6.54 Å². The molecule has 1 aromatic heterocycles. The van der Waals surface area contributed by atoms with Gasteiger partial charge in [0.05, 0.1) is 7.11 Å². The topological polar surface area (TPSA) is 73.3 Å². The second-order valence-corrected chi connectivity index (χ2v) is 6.72. The number of methoxy groups -OCH3 is 1. The van der Waals surface area contributed by atoms with Crippen LogP contribution in [0.2, 0.25) is 0 Å². The van der Waals surface area contributed by atoms with E-state index in [1.165, 1.54) is 6.20 Å². The second kappa shape index (κ2) is 9.54. The van der Waals surface area contributed by atoms with Crippen LogP contribution in [0.15, 0.2) is 91.1 Å². The predicted octanol–water partition coefficient (Wildman–Crippen LogP) is 4.87. The lowest BCUT2D eigenvalue weighted by Crippen LogP contribution is -2.24. The first kappa shape index (κ1) is 20.1. The minimum absolute atomic E-state index is 0.185. The van der Waals surface area contributed by atoms with Crippen LogP contribution >= 0.6 is 0 Å². The standard InChI is InChI=1S/C25H21N3O3/c1-30-20-12-14-21(15-13-20)31-25-22(24(29)27-16-18-8-4-2-5-9-18)17-26-23(28-25)19-10-6-3-7-11-19/h2-15,17H,16H2,1H3,(H,27,29). The molecule has 3 aromatic carbocycles. The maximum absolute atomic E-state index is 12.9. The summed E-state index contributed by atoms with van der Waals surface area (Å²) in [6, 6.07) is 26.3. The smallest absolute Gasteiger partial charge is 0.258 e. The molecule has 31 heavy (non-hydrogen) atoms. The van der Waals surface area contributed by atoms with E-state index in [-0.39, 0.29) is 17.4 Å². The van der Waals surface area contributed by atoms with Crippen molar-refractivity contribution in [1.29, 1.82) is 0 Å². The summed E-state index contributed by atoms with van der Waals surface area (Å²) in [6.45, 7) is 0.391. The van der Waals surface area contributed by atoms with Crippen molar-refractivity contribution in [2.75, 3.05) is 7.11 Å². The summed E-state index contributed by atoms with van der Waals surface area (Å²) in [7, 11) is 1.60. The van der Waals surface area contributed by atoms with Crippen molar-refractivity contribution in [2.24, 2.45) is 0 Å². The molecule has 0 atom stereocenters. The maximum Gasteiger partial charge on any atom is 0.258 e. The van der Waals surface area contributed by atoms with E-state index in [4.69, 9.17) is 9.47 Å². The fourth-order valence-corrected chi connectivity index (χ4v) is 2.95. The first-order valence-electron chi connectivity index (χ1n) is 9.79. The Hall–Kier alpha value is -4.19. The number of ether oxygens (including phenoxy) is 2. The van der Waals surface area contributed by atoms with E-state index in [0.717, 1.165) is 11.1 Å². The van der Waals surface area contributed by atoms with Crippen molar-refractivity contribution < 1.29 is 14.3 Å². The molecule has 0 aliphatic rings. The summed E-state index contributed by atoms with van der Waals surface area (Å²) in [4.78, 5) is 21.8. The quantitative estimate of drug-likeness (QED) is 0.469. The molecule has 1 N–H and O–H groups in total. The van der Waals surface area contributed by atoms with Crippen molar-refractivity contribution >= 4 is 5.91 Å². The van der Waals surface area contributed by atoms with Gasteiger partial charge in [-0.3, -0.25) is 4.79 Å². The molecule has 4 rings (SSSR count). The third kappa shape index (κ3) is 5.05. The summed E-state index contributed by atoms with van der Waals surface area (Å²) >= 11 is 0. The highest BCUT2D eigenvalue weighted by atomic mass is 16.5. The van der Waals surface area contributed by atoms with E-state index < -0.39 is 0 Å². The van der Waals surface area contributed by atoms with Gasteiger partial charge in [-0.1, -0.05) is 60.7 Å². The van der Waals surface area contributed by atoms with Gasteiger partial charge in [0, 0.05) is 18.3 Å². The van der Waals surface area contributed by atoms with Gasteiger partial charge in [0.1, 0.15) is 17.1 Å². The van der Waals surface area contributed by atoms with Crippen LogP contribution in [0.4, 0.5) is 0 Å². The molecule has 154 valence electrons. The summed E-state index contributed by atoms with van der Waals surface area (Å²) < 4.78 is 11.2. The maximum atomic E-state index is 12.9. The van der Waals surface area contributed by atoms with Gasteiger partial charge < -0.3 is 14.8 Å². The number of amides is 1. The Balaban J connectivity index is 1.63. The van der Waals surface area contributed by atoms with Gasteiger partial charge in [0.15, 0.2) is 5.82 Å². The zero-order chi connectivity index (χ0) is 21.5. The van der Waals surface area contributed by atoms with Crippen LogP contribution in [0.1, 0.15) is 15.9 Å². The summed E-state index contributed by atoms with van der Waals surface area (Å²) in [5, 5.41) is 2.90. The lowest BCUT2D eigenvalue weighted by atomic mass is 10.2. The first-order valence-corrected chi connectivity index (χ1v) is 9.79. The Kier molecular flexibility index (Phi) is 6.18. The molecule has 1 heterocycles. The molecule has 1 amide bonds. The van der Waals surface area contributed by atoms with Crippen molar-refractivity contribution in [1.82, 2.24) is 15.3 Å². The Labute approximate surface area is 180 Å². The average molecular weight is 411 g/mol. The number of nitrogens with zero attached hydrogens (tertiary/aromatic N) is 2. The van der Waals surface area contributed by atoms with E-state index in [1.807, 2.05) is 60.7 Å².